The molecule has 1 saturated heterocycles. The van der Waals surface area contributed by atoms with Gasteiger partial charge in [0.2, 0.25) is 0 Å². The van der Waals surface area contributed by atoms with Gasteiger partial charge in [0.25, 0.3) is 5.79 Å². The molecule has 1 fully saturated rings. The summed E-state index contributed by atoms with van der Waals surface area (Å²) in [6.07, 6.45) is 3.05. The first-order valence-corrected chi connectivity index (χ1v) is 6.10. The topological polar surface area (TPSA) is 25.1 Å². The molecule has 1 heterocycles. The van der Waals surface area contributed by atoms with Crippen LogP contribution in [0.1, 0.15) is 16.7 Å². The number of rotatable bonds is 1. The summed E-state index contributed by atoms with van der Waals surface area (Å²) in [4.78, 5) is 10.6. The maximum Gasteiger partial charge on any atom is 0.281 e. The molecular formula is C16H12O2. The van der Waals surface area contributed by atoms with Gasteiger partial charge in [-0.15, -0.1) is 0 Å². The summed E-state index contributed by atoms with van der Waals surface area (Å²) in [5.74, 6) is -0.591. The smallest absolute Gasteiger partial charge is 0.184 e. The number of hydrogen-bond donors (Lipinski definition) is 0. The highest BCUT2D eigenvalue weighted by Gasteiger charge is 2.58. The van der Waals surface area contributed by atoms with E-state index in [1.54, 1.807) is 0 Å². The highest BCUT2D eigenvalue weighted by Crippen LogP contribution is 2.54. The molecule has 0 atom stereocenters. The Hall–Kier alpha value is -1.90. The Balaban J connectivity index is 1.80. The van der Waals surface area contributed by atoms with E-state index in [1.165, 1.54) is 16.7 Å². The standard InChI is InChI=1S/C16H12O2/c1-2-6-12(7-3-1)10-14-11-13-8-4-5-9-15(13)16(14)17-18-16/h1-10H,11H2. The molecule has 4 rings (SSSR count). The molecule has 18 heavy (non-hydrogen) atoms. The number of benzene rings is 2. The van der Waals surface area contributed by atoms with Gasteiger partial charge in [-0.25, -0.2) is 0 Å². The van der Waals surface area contributed by atoms with E-state index in [9.17, 15) is 0 Å². The van der Waals surface area contributed by atoms with Crippen molar-refractivity contribution in [1.82, 2.24) is 0 Å². The summed E-state index contributed by atoms with van der Waals surface area (Å²) < 4.78 is 0. The Labute approximate surface area is 105 Å². The minimum absolute atomic E-state index is 0.591. The zero-order chi connectivity index (χ0) is 12.0. The van der Waals surface area contributed by atoms with E-state index in [4.69, 9.17) is 9.78 Å². The number of fused-ring (bicyclic) bond motifs is 2. The summed E-state index contributed by atoms with van der Waals surface area (Å²) >= 11 is 0. The van der Waals surface area contributed by atoms with Crippen LogP contribution in [0, 0.1) is 0 Å². The van der Waals surface area contributed by atoms with Gasteiger partial charge in [0.15, 0.2) is 0 Å². The van der Waals surface area contributed by atoms with Crippen LogP contribution in [-0.4, -0.2) is 0 Å². The molecule has 2 aliphatic rings. The first-order valence-electron chi connectivity index (χ1n) is 6.10. The first kappa shape index (κ1) is 10.1. The fraction of sp³-hybridized carbons (Fsp3) is 0.125. The zero-order valence-corrected chi connectivity index (χ0v) is 9.80. The lowest BCUT2D eigenvalue weighted by Gasteiger charge is -2.02. The van der Waals surface area contributed by atoms with Crippen molar-refractivity contribution in [3.8, 4) is 0 Å². The summed E-state index contributed by atoms with van der Waals surface area (Å²) in [5, 5.41) is 0. The Morgan fingerprint density at radius 3 is 2.39 bits per heavy atom. The zero-order valence-electron chi connectivity index (χ0n) is 9.80. The average molecular weight is 236 g/mol. The van der Waals surface area contributed by atoms with Crippen molar-refractivity contribution in [3.05, 3.63) is 76.9 Å². The van der Waals surface area contributed by atoms with Crippen LogP contribution in [0.5, 0.6) is 0 Å². The van der Waals surface area contributed by atoms with E-state index in [-0.39, 0.29) is 0 Å². The molecule has 88 valence electrons. The molecule has 0 amide bonds. The van der Waals surface area contributed by atoms with E-state index >= 15 is 0 Å². The van der Waals surface area contributed by atoms with Crippen LogP contribution in [0.2, 0.25) is 0 Å². The van der Waals surface area contributed by atoms with Crippen LogP contribution >= 0.6 is 0 Å². The fourth-order valence-corrected chi connectivity index (χ4v) is 2.63. The lowest BCUT2D eigenvalue weighted by molar-refractivity contribution is 0.0850. The first-order chi connectivity index (χ1) is 8.88. The molecule has 0 saturated carbocycles. The molecule has 2 heteroatoms. The van der Waals surface area contributed by atoms with Crippen molar-refractivity contribution in [1.29, 1.82) is 0 Å². The van der Waals surface area contributed by atoms with Gasteiger partial charge in [-0.2, -0.15) is 9.78 Å². The van der Waals surface area contributed by atoms with Gasteiger partial charge in [0, 0.05) is 11.1 Å². The minimum Gasteiger partial charge on any atom is -0.184 e. The average Bonchev–Trinajstić information content (AvgIpc) is 3.15. The summed E-state index contributed by atoms with van der Waals surface area (Å²) in [7, 11) is 0. The van der Waals surface area contributed by atoms with Crippen LogP contribution in [-0.2, 0) is 22.0 Å². The molecule has 0 aromatic heterocycles. The molecule has 0 radical (unpaired) electrons. The van der Waals surface area contributed by atoms with E-state index in [0.717, 1.165) is 12.0 Å². The van der Waals surface area contributed by atoms with Crippen LogP contribution in [0.4, 0.5) is 0 Å². The van der Waals surface area contributed by atoms with Crippen LogP contribution in [0.25, 0.3) is 6.08 Å². The van der Waals surface area contributed by atoms with Crippen molar-refractivity contribution >= 4 is 6.08 Å². The molecule has 1 aliphatic carbocycles. The third kappa shape index (κ3) is 1.37. The van der Waals surface area contributed by atoms with Crippen molar-refractivity contribution < 1.29 is 9.78 Å². The monoisotopic (exact) mass is 236 g/mol. The Morgan fingerprint density at radius 2 is 1.61 bits per heavy atom. The molecule has 0 bridgehead atoms. The summed E-state index contributed by atoms with van der Waals surface area (Å²) in [6.45, 7) is 0. The second-order valence-corrected chi connectivity index (χ2v) is 4.70. The fourth-order valence-electron chi connectivity index (χ4n) is 2.63. The molecule has 2 aromatic carbocycles. The SMILES string of the molecule is C(=C1Cc2ccccc2C12OO2)c1ccccc1. The van der Waals surface area contributed by atoms with Crippen LogP contribution < -0.4 is 0 Å². The van der Waals surface area contributed by atoms with Crippen molar-refractivity contribution in [2.24, 2.45) is 0 Å². The lowest BCUT2D eigenvalue weighted by Crippen LogP contribution is -2.05. The molecule has 2 aromatic rings. The third-order valence-electron chi connectivity index (χ3n) is 3.57. The normalized spacial score (nSPS) is 21.2. The molecule has 1 aliphatic heterocycles. The van der Waals surface area contributed by atoms with Gasteiger partial charge in [0.05, 0.1) is 0 Å². The largest absolute Gasteiger partial charge is 0.281 e. The maximum absolute atomic E-state index is 5.30. The predicted octanol–water partition coefficient (Wildman–Crippen LogP) is 3.44. The lowest BCUT2D eigenvalue weighted by atomic mass is 10.0. The van der Waals surface area contributed by atoms with Gasteiger partial charge in [-0.3, -0.25) is 0 Å². The molecular weight excluding hydrogens is 224 g/mol. The van der Waals surface area contributed by atoms with E-state index in [1.807, 2.05) is 24.3 Å². The third-order valence-corrected chi connectivity index (χ3v) is 3.57. The quantitative estimate of drug-likeness (QED) is 0.559. The molecule has 1 spiro atoms. The highest BCUT2D eigenvalue weighted by atomic mass is 17.4. The minimum atomic E-state index is -0.591. The second-order valence-electron chi connectivity index (χ2n) is 4.70. The van der Waals surface area contributed by atoms with Crippen LogP contribution in [0.3, 0.4) is 0 Å². The van der Waals surface area contributed by atoms with Gasteiger partial charge in [0.1, 0.15) is 0 Å². The van der Waals surface area contributed by atoms with Crippen molar-refractivity contribution in [2.75, 3.05) is 0 Å². The number of hydrogen-bond acceptors (Lipinski definition) is 2. The second kappa shape index (κ2) is 3.55. The maximum atomic E-state index is 5.30. The van der Waals surface area contributed by atoms with Gasteiger partial charge < -0.3 is 0 Å². The highest BCUT2D eigenvalue weighted by molar-refractivity contribution is 5.61. The van der Waals surface area contributed by atoms with E-state index in [0.29, 0.717) is 0 Å². The van der Waals surface area contributed by atoms with Crippen molar-refractivity contribution in [3.63, 3.8) is 0 Å². The summed E-state index contributed by atoms with van der Waals surface area (Å²) in [6, 6.07) is 18.6. The van der Waals surface area contributed by atoms with Crippen molar-refractivity contribution in [2.45, 2.75) is 12.2 Å². The van der Waals surface area contributed by atoms with E-state index in [2.05, 4.69) is 36.4 Å². The molecule has 0 N–H and O–H groups in total. The Bertz CT molecular complexity index is 625. The Kier molecular flexibility index (Phi) is 1.98. The Morgan fingerprint density at radius 1 is 0.889 bits per heavy atom. The van der Waals surface area contributed by atoms with Gasteiger partial charge >= 0.3 is 0 Å². The predicted molar refractivity (Wildman–Crippen MR) is 68.4 cm³/mol. The summed E-state index contributed by atoms with van der Waals surface area (Å²) in [5.41, 5.74) is 4.79. The van der Waals surface area contributed by atoms with Gasteiger partial charge in [-0.05, 0) is 23.6 Å². The molecule has 2 nitrogen and oxygen atoms in total. The molecule has 0 unspecified atom stereocenters. The van der Waals surface area contributed by atoms with E-state index < -0.39 is 5.79 Å². The van der Waals surface area contributed by atoms with Gasteiger partial charge in [-0.1, -0.05) is 54.6 Å². The van der Waals surface area contributed by atoms with Crippen LogP contribution in [0.15, 0.2) is 60.2 Å².